The van der Waals surface area contributed by atoms with Gasteiger partial charge in [0, 0.05) is 43.4 Å². The van der Waals surface area contributed by atoms with Crippen LogP contribution in [0, 0.1) is 0 Å². The SMILES string of the molecule is CN(C)c1ccc(-n2cccc2/C=C2\C(=O)NC(=O)N(c3ccc4c(c3)OCO4)C2=O)cc1. The summed E-state index contributed by atoms with van der Waals surface area (Å²) in [6.45, 7) is 0.0646. The lowest BCUT2D eigenvalue weighted by atomic mass is 10.1. The first-order valence-electron chi connectivity index (χ1n) is 10.2. The minimum atomic E-state index is -0.823. The molecule has 5 rings (SSSR count). The summed E-state index contributed by atoms with van der Waals surface area (Å²) in [6, 6.07) is 15.3. The van der Waals surface area contributed by atoms with E-state index in [1.807, 2.05) is 60.1 Å². The predicted molar refractivity (Wildman–Crippen MR) is 122 cm³/mol. The van der Waals surface area contributed by atoms with Gasteiger partial charge in [0.15, 0.2) is 11.5 Å². The van der Waals surface area contributed by atoms with Crippen molar-refractivity contribution in [2.75, 3.05) is 30.7 Å². The number of hydrogen-bond donors (Lipinski definition) is 1. The van der Waals surface area contributed by atoms with E-state index in [0.717, 1.165) is 16.3 Å². The standard InChI is InChI=1S/C24H20N4O5/c1-26(2)15-5-7-16(8-6-15)27-11-3-4-17(27)12-19-22(29)25-24(31)28(23(19)30)18-9-10-20-21(13-18)33-14-32-20/h3-13H,14H2,1-2H3,(H,25,29,31)/b19-12+. The maximum Gasteiger partial charge on any atom is 0.335 e. The van der Waals surface area contributed by atoms with Gasteiger partial charge in [-0.1, -0.05) is 0 Å². The van der Waals surface area contributed by atoms with E-state index >= 15 is 0 Å². The fourth-order valence-corrected chi connectivity index (χ4v) is 3.72. The number of nitrogens with zero attached hydrogens (tertiary/aromatic N) is 3. The van der Waals surface area contributed by atoms with Crippen molar-refractivity contribution in [1.82, 2.24) is 9.88 Å². The van der Waals surface area contributed by atoms with E-state index in [2.05, 4.69) is 5.32 Å². The highest BCUT2D eigenvalue weighted by molar-refractivity contribution is 6.39. The number of imide groups is 2. The molecule has 2 aliphatic rings. The van der Waals surface area contributed by atoms with Crippen LogP contribution in [0.2, 0.25) is 0 Å². The average molecular weight is 444 g/mol. The number of ether oxygens (including phenoxy) is 2. The molecule has 1 N–H and O–H groups in total. The van der Waals surface area contributed by atoms with Crippen molar-refractivity contribution >= 4 is 35.3 Å². The number of anilines is 2. The third kappa shape index (κ3) is 3.59. The summed E-state index contributed by atoms with van der Waals surface area (Å²) < 4.78 is 12.5. The van der Waals surface area contributed by atoms with Crippen molar-refractivity contribution in [2.24, 2.45) is 0 Å². The lowest BCUT2D eigenvalue weighted by molar-refractivity contribution is -0.122. The second-order valence-corrected chi connectivity index (χ2v) is 7.71. The van der Waals surface area contributed by atoms with Crippen LogP contribution in [-0.4, -0.2) is 43.3 Å². The number of barbiturate groups is 1. The second kappa shape index (κ2) is 7.86. The Morgan fingerprint density at radius 3 is 2.42 bits per heavy atom. The van der Waals surface area contributed by atoms with Gasteiger partial charge in [-0.05, 0) is 54.6 Å². The number of rotatable bonds is 4. The maximum atomic E-state index is 13.2. The quantitative estimate of drug-likeness (QED) is 0.491. The first-order chi connectivity index (χ1) is 15.9. The minimum absolute atomic E-state index is 0.0646. The predicted octanol–water partition coefficient (Wildman–Crippen LogP) is 2.94. The van der Waals surface area contributed by atoms with E-state index in [9.17, 15) is 14.4 Å². The van der Waals surface area contributed by atoms with Crippen LogP contribution in [0.15, 0.2) is 66.4 Å². The van der Waals surface area contributed by atoms with Gasteiger partial charge in [0.25, 0.3) is 11.8 Å². The molecule has 0 radical (unpaired) electrons. The highest BCUT2D eigenvalue weighted by Crippen LogP contribution is 2.36. The monoisotopic (exact) mass is 444 g/mol. The van der Waals surface area contributed by atoms with Gasteiger partial charge in [-0.25, -0.2) is 9.69 Å². The Hall–Kier alpha value is -4.53. The zero-order valence-electron chi connectivity index (χ0n) is 17.9. The van der Waals surface area contributed by atoms with Crippen LogP contribution in [0.4, 0.5) is 16.2 Å². The second-order valence-electron chi connectivity index (χ2n) is 7.71. The molecule has 0 unspecified atom stereocenters. The van der Waals surface area contributed by atoms with Crippen molar-refractivity contribution in [3.63, 3.8) is 0 Å². The summed E-state index contributed by atoms with van der Waals surface area (Å²) >= 11 is 0. The summed E-state index contributed by atoms with van der Waals surface area (Å²) in [5.74, 6) is -0.532. The molecule has 0 atom stereocenters. The molecule has 0 saturated carbocycles. The first kappa shape index (κ1) is 20.4. The Morgan fingerprint density at radius 1 is 0.939 bits per heavy atom. The fourth-order valence-electron chi connectivity index (χ4n) is 3.72. The van der Waals surface area contributed by atoms with Gasteiger partial charge in [0.2, 0.25) is 6.79 Å². The van der Waals surface area contributed by atoms with Gasteiger partial charge in [0.05, 0.1) is 5.69 Å². The number of benzene rings is 2. The Morgan fingerprint density at radius 2 is 1.67 bits per heavy atom. The normalized spacial score (nSPS) is 16.4. The minimum Gasteiger partial charge on any atom is -0.454 e. The molecule has 0 aliphatic carbocycles. The van der Waals surface area contributed by atoms with Gasteiger partial charge in [-0.3, -0.25) is 14.9 Å². The third-order valence-electron chi connectivity index (χ3n) is 5.43. The highest BCUT2D eigenvalue weighted by atomic mass is 16.7. The molecular weight excluding hydrogens is 424 g/mol. The first-order valence-corrected chi connectivity index (χ1v) is 10.2. The molecule has 1 aromatic heterocycles. The van der Waals surface area contributed by atoms with Crippen LogP contribution in [0.1, 0.15) is 5.69 Å². The number of urea groups is 1. The molecule has 1 fully saturated rings. The summed E-state index contributed by atoms with van der Waals surface area (Å²) in [7, 11) is 3.92. The summed E-state index contributed by atoms with van der Waals surface area (Å²) in [4.78, 5) is 41.2. The number of fused-ring (bicyclic) bond motifs is 1. The Labute approximate surface area is 189 Å². The van der Waals surface area contributed by atoms with E-state index in [0.29, 0.717) is 17.2 Å². The molecule has 3 heterocycles. The summed E-state index contributed by atoms with van der Waals surface area (Å²) in [5.41, 5.74) is 2.65. The number of nitrogens with one attached hydrogen (secondary N) is 1. The number of carbonyl (C=O) groups excluding carboxylic acids is 3. The Balaban J connectivity index is 1.50. The highest BCUT2D eigenvalue weighted by Gasteiger charge is 2.37. The van der Waals surface area contributed by atoms with Crippen LogP contribution in [-0.2, 0) is 9.59 Å². The number of carbonyl (C=O) groups is 3. The molecule has 9 nitrogen and oxygen atoms in total. The van der Waals surface area contributed by atoms with Crippen LogP contribution in [0.5, 0.6) is 11.5 Å². The summed E-state index contributed by atoms with van der Waals surface area (Å²) in [6.07, 6.45) is 3.31. The largest absolute Gasteiger partial charge is 0.454 e. The molecule has 0 bridgehead atoms. The molecule has 1 saturated heterocycles. The molecule has 2 aromatic carbocycles. The van der Waals surface area contributed by atoms with Crippen molar-refractivity contribution in [3.8, 4) is 17.2 Å². The van der Waals surface area contributed by atoms with Crippen molar-refractivity contribution in [1.29, 1.82) is 0 Å². The zero-order valence-corrected chi connectivity index (χ0v) is 17.9. The van der Waals surface area contributed by atoms with Crippen molar-refractivity contribution < 1.29 is 23.9 Å². The van der Waals surface area contributed by atoms with Gasteiger partial charge in [0.1, 0.15) is 5.57 Å². The van der Waals surface area contributed by atoms with Crippen LogP contribution in [0.25, 0.3) is 11.8 Å². The van der Waals surface area contributed by atoms with Gasteiger partial charge < -0.3 is 18.9 Å². The Kier molecular flexibility index (Phi) is 4.86. The molecule has 4 amide bonds. The van der Waals surface area contributed by atoms with E-state index in [4.69, 9.17) is 9.47 Å². The van der Waals surface area contributed by atoms with Gasteiger partial charge in [-0.15, -0.1) is 0 Å². The summed E-state index contributed by atoms with van der Waals surface area (Å²) in [5, 5.41) is 2.24. The molecular formula is C24H20N4O5. The molecule has 0 spiro atoms. The smallest absolute Gasteiger partial charge is 0.335 e. The zero-order chi connectivity index (χ0) is 23.1. The van der Waals surface area contributed by atoms with E-state index < -0.39 is 17.8 Å². The van der Waals surface area contributed by atoms with Crippen LogP contribution in [0.3, 0.4) is 0 Å². The average Bonchev–Trinajstić information content (AvgIpc) is 3.45. The third-order valence-corrected chi connectivity index (χ3v) is 5.43. The van der Waals surface area contributed by atoms with E-state index in [1.54, 1.807) is 18.2 Å². The van der Waals surface area contributed by atoms with E-state index in [1.165, 1.54) is 12.1 Å². The molecule has 9 heteroatoms. The maximum absolute atomic E-state index is 13.2. The molecule has 33 heavy (non-hydrogen) atoms. The Bertz CT molecular complexity index is 1310. The number of hydrogen-bond acceptors (Lipinski definition) is 6. The fraction of sp³-hybridized carbons (Fsp3) is 0.125. The molecule has 2 aliphatic heterocycles. The molecule has 3 aromatic rings. The topological polar surface area (TPSA) is 93.1 Å². The lowest BCUT2D eigenvalue weighted by Gasteiger charge is -2.26. The number of aromatic nitrogens is 1. The van der Waals surface area contributed by atoms with Crippen LogP contribution >= 0.6 is 0 Å². The van der Waals surface area contributed by atoms with Gasteiger partial charge >= 0.3 is 6.03 Å². The van der Waals surface area contributed by atoms with E-state index in [-0.39, 0.29) is 18.1 Å². The number of amides is 4. The van der Waals surface area contributed by atoms with Crippen molar-refractivity contribution in [2.45, 2.75) is 0 Å². The van der Waals surface area contributed by atoms with Gasteiger partial charge in [-0.2, -0.15) is 0 Å². The van der Waals surface area contributed by atoms with Crippen LogP contribution < -0.4 is 24.6 Å². The lowest BCUT2D eigenvalue weighted by Crippen LogP contribution is -2.54. The molecule has 166 valence electrons. The van der Waals surface area contributed by atoms with Crippen molar-refractivity contribution in [3.05, 3.63) is 72.1 Å².